The minimum Gasteiger partial charge on any atom is -0.495 e. The molecule has 2 heterocycles. The molecule has 0 bridgehead atoms. The van der Waals surface area contributed by atoms with E-state index in [1.807, 2.05) is 38.4 Å². The van der Waals surface area contributed by atoms with E-state index in [0.29, 0.717) is 5.41 Å². The zero-order chi connectivity index (χ0) is 25.8. The van der Waals surface area contributed by atoms with E-state index in [0.717, 1.165) is 30.0 Å². The maximum atomic E-state index is 5.46. The van der Waals surface area contributed by atoms with Crippen molar-refractivity contribution in [3.8, 4) is 5.75 Å². The van der Waals surface area contributed by atoms with Gasteiger partial charge in [-0.25, -0.2) is 0 Å². The third kappa shape index (κ3) is 5.44. The number of likely N-dealkylation sites (N-methyl/N-ethyl adjacent to an activating group) is 1. The minimum atomic E-state index is 0.286. The van der Waals surface area contributed by atoms with Gasteiger partial charge in [0.15, 0.2) is 0 Å². The van der Waals surface area contributed by atoms with Gasteiger partial charge in [-0.3, -0.25) is 4.98 Å². The van der Waals surface area contributed by atoms with Crippen LogP contribution in [-0.4, -0.2) is 63.2 Å². The molecular weight excluding hydrogens is 430 g/mol. The van der Waals surface area contributed by atoms with E-state index in [1.165, 1.54) is 56.2 Å². The molecule has 0 N–H and O–H groups in total. The van der Waals surface area contributed by atoms with Gasteiger partial charge in [-0.05, 0) is 119 Å². The molecule has 0 amide bonds. The monoisotopic (exact) mass is 479 g/mol. The van der Waals surface area contributed by atoms with Crippen LogP contribution in [0.15, 0.2) is 49.3 Å². The van der Waals surface area contributed by atoms with E-state index < -0.39 is 0 Å². The van der Waals surface area contributed by atoms with Crippen molar-refractivity contribution in [2.24, 2.45) is 28.6 Å². The number of fused-ring (bicyclic) bond motifs is 5. The molecule has 1 aromatic heterocycles. The summed E-state index contributed by atoms with van der Waals surface area (Å²) in [6.45, 7) is 13.5. The maximum absolute atomic E-state index is 5.46. The lowest BCUT2D eigenvalue weighted by Crippen LogP contribution is -2.49. The lowest BCUT2D eigenvalue weighted by Gasteiger charge is -2.57. The lowest BCUT2D eigenvalue weighted by atomic mass is 9.47. The number of nitrogens with zero attached hydrogens (tertiary/aromatic N) is 3. The van der Waals surface area contributed by atoms with Crippen molar-refractivity contribution in [2.75, 3.05) is 48.4 Å². The Morgan fingerprint density at radius 1 is 1.03 bits per heavy atom. The van der Waals surface area contributed by atoms with Gasteiger partial charge in [0.25, 0.3) is 0 Å². The normalized spacial score (nSPS) is 33.9. The molecule has 4 nitrogen and oxygen atoms in total. The standard InChI is InChI=1S/C26H36N2O.C3H9N.C2H4/c1-25-12-14-28(3)13-10-19(25)5-6-21-23-8-7-22(26(23,2)11-9-24(21)25)18-15-20(29-4)17-27-16-18;1-4(2)3;1-2/h7,10,15-17,21,23-24H,5-6,8-9,11-14H2,1-4H3;1-3H3;1-2H2/t21-,23-,24-,25-,26+;;/m0../s1. The van der Waals surface area contributed by atoms with Crippen LogP contribution in [0, 0.1) is 28.6 Å². The van der Waals surface area contributed by atoms with Crippen LogP contribution in [0.4, 0.5) is 0 Å². The average Bonchev–Trinajstić information content (AvgIpc) is 3.12. The summed E-state index contributed by atoms with van der Waals surface area (Å²) >= 11 is 0. The van der Waals surface area contributed by atoms with Crippen LogP contribution in [0.5, 0.6) is 5.75 Å². The molecule has 2 saturated carbocycles. The van der Waals surface area contributed by atoms with Crippen LogP contribution in [0.25, 0.3) is 5.57 Å². The summed E-state index contributed by atoms with van der Waals surface area (Å²) in [6, 6.07) is 2.18. The Morgan fingerprint density at radius 3 is 2.43 bits per heavy atom. The molecule has 1 aliphatic heterocycles. The van der Waals surface area contributed by atoms with Gasteiger partial charge in [0, 0.05) is 12.7 Å². The summed E-state index contributed by atoms with van der Waals surface area (Å²) in [5, 5.41) is 0. The number of methoxy groups -OCH3 is 1. The highest BCUT2D eigenvalue weighted by molar-refractivity contribution is 5.73. The van der Waals surface area contributed by atoms with Crippen LogP contribution in [-0.2, 0) is 0 Å². The second kappa shape index (κ2) is 11.4. The largest absolute Gasteiger partial charge is 0.495 e. The second-order valence-electron chi connectivity index (χ2n) is 11.8. The number of ether oxygens (including phenoxy) is 1. The molecule has 3 aliphatic carbocycles. The minimum absolute atomic E-state index is 0.286. The predicted octanol–water partition coefficient (Wildman–Crippen LogP) is 6.57. The lowest BCUT2D eigenvalue weighted by molar-refractivity contribution is -0.0194. The van der Waals surface area contributed by atoms with E-state index >= 15 is 0 Å². The predicted molar refractivity (Wildman–Crippen MR) is 150 cm³/mol. The van der Waals surface area contributed by atoms with Crippen molar-refractivity contribution >= 4 is 5.57 Å². The number of allylic oxidation sites excluding steroid dienone is 3. The van der Waals surface area contributed by atoms with E-state index in [1.54, 1.807) is 12.7 Å². The van der Waals surface area contributed by atoms with Crippen LogP contribution in [0.1, 0.15) is 57.9 Å². The molecule has 2 fully saturated rings. The van der Waals surface area contributed by atoms with Gasteiger partial charge in [-0.2, -0.15) is 0 Å². The third-order valence-corrected chi connectivity index (χ3v) is 9.24. The first kappa shape index (κ1) is 27.7. The van der Waals surface area contributed by atoms with Crippen molar-refractivity contribution < 1.29 is 4.74 Å². The summed E-state index contributed by atoms with van der Waals surface area (Å²) in [4.78, 5) is 8.96. The van der Waals surface area contributed by atoms with Crippen molar-refractivity contribution in [3.63, 3.8) is 0 Å². The molecule has 35 heavy (non-hydrogen) atoms. The fourth-order valence-electron chi connectivity index (χ4n) is 7.48. The van der Waals surface area contributed by atoms with Crippen molar-refractivity contribution in [3.05, 3.63) is 54.9 Å². The summed E-state index contributed by atoms with van der Waals surface area (Å²) < 4.78 is 5.46. The first-order valence-electron chi connectivity index (χ1n) is 13.4. The van der Waals surface area contributed by atoms with E-state index in [9.17, 15) is 0 Å². The molecular formula is C31H49N3O. The van der Waals surface area contributed by atoms with Gasteiger partial charge in [0.05, 0.1) is 13.3 Å². The average molecular weight is 480 g/mol. The third-order valence-electron chi connectivity index (χ3n) is 9.24. The maximum Gasteiger partial charge on any atom is 0.137 e. The summed E-state index contributed by atoms with van der Waals surface area (Å²) in [5.41, 5.74) is 5.27. The number of hydrogen-bond donors (Lipinski definition) is 0. The highest BCUT2D eigenvalue weighted by atomic mass is 16.5. The molecule has 4 aliphatic rings. The molecule has 1 aromatic rings. The Morgan fingerprint density at radius 2 is 1.74 bits per heavy atom. The molecule has 0 saturated heterocycles. The Balaban J connectivity index is 0.000000521. The number of aromatic nitrogens is 1. The molecule has 5 atom stereocenters. The fourth-order valence-corrected chi connectivity index (χ4v) is 7.48. The van der Waals surface area contributed by atoms with E-state index in [4.69, 9.17) is 4.74 Å². The van der Waals surface area contributed by atoms with Gasteiger partial charge in [0.1, 0.15) is 5.75 Å². The topological polar surface area (TPSA) is 28.6 Å². The fraction of sp³-hybridized carbons (Fsp3) is 0.645. The van der Waals surface area contributed by atoms with Crippen LogP contribution in [0.3, 0.4) is 0 Å². The molecule has 4 heteroatoms. The van der Waals surface area contributed by atoms with Gasteiger partial charge in [-0.15, -0.1) is 13.2 Å². The Kier molecular flexibility index (Phi) is 9.04. The SMILES string of the molecule is C=C.CN(C)C.COc1cncc(C2=CC[C@H]3[C@@H]4CCC5=CCN(C)CC[C@]5(C)[C@H]4CC[C@]23C)c1. The quantitative estimate of drug-likeness (QED) is 0.449. The zero-order valence-corrected chi connectivity index (χ0v) is 23.4. The highest BCUT2D eigenvalue weighted by Gasteiger charge is 2.56. The highest BCUT2D eigenvalue weighted by Crippen LogP contribution is 2.66. The number of rotatable bonds is 2. The first-order chi connectivity index (χ1) is 16.7. The Hall–Kier alpha value is -1.91. The van der Waals surface area contributed by atoms with Crippen LogP contribution >= 0.6 is 0 Å². The number of pyridine rings is 1. The molecule has 0 unspecified atom stereocenters. The number of hydrogen-bond acceptors (Lipinski definition) is 4. The van der Waals surface area contributed by atoms with Gasteiger partial charge >= 0.3 is 0 Å². The zero-order valence-electron chi connectivity index (χ0n) is 23.4. The smallest absolute Gasteiger partial charge is 0.137 e. The van der Waals surface area contributed by atoms with Gasteiger partial charge < -0.3 is 14.5 Å². The molecule has 5 rings (SSSR count). The molecule has 0 aromatic carbocycles. The molecule has 0 radical (unpaired) electrons. The van der Waals surface area contributed by atoms with Crippen molar-refractivity contribution in [2.45, 2.75) is 52.4 Å². The molecule has 194 valence electrons. The summed E-state index contributed by atoms with van der Waals surface area (Å²) in [7, 11) is 10.0. The van der Waals surface area contributed by atoms with Gasteiger partial charge in [-0.1, -0.05) is 31.6 Å². The molecule has 0 spiro atoms. The van der Waals surface area contributed by atoms with Crippen molar-refractivity contribution in [1.82, 2.24) is 14.8 Å². The van der Waals surface area contributed by atoms with E-state index in [-0.39, 0.29) is 5.41 Å². The van der Waals surface area contributed by atoms with Crippen LogP contribution < -0.4 is 4.74 Å². The first-order valence-corrected chi connectivity index (χ1v) is 13.4. The summed E-state index contributed by atoms with van der Waals surface area (Å²) in [6.07, 6.45) is 16.9. The van der Waals surface area contributed by atoms with E-state index in [2.05, 4.69) is 62.2 Å². The Bertz CT molecular complexity index is 919. The van der Waals surface area contributed by atoms with Crippen LogP contribution in [0.2, 0.25) is 0 Å². The van der Waals surface area contributed by atoms with Crippen molar-refractivity contribution in [1.29, 1.82) is 0 Å². The Labute approximate surface area is 215 Å². The van der Waals surface area contributed by atoms with Gasteiger partial charge in [0.2, 0.25) is 0 Å². The summed E-state index contributed by atoms with van der Waals surface area (Å²) in [5.74, 6) is 3.35. The second-order valence-corrected chi connectivity index (χ2v) is 11.8.